The lowest BCUT2D eigenvalue weighted by molar-refractivity contribution is 0.198. The molecule has 3 atom stereocenters. The topological polar surface area (TPSA) is 57.5 Å². The van der Waals surface area contributed by atoms with Crippen LogP contribution in [0, 0.1) is 0 Å². The van der Waals surface area contributed by atoms with Gasteiger partial charge < -0.3 is 4.52 Å². The Morgan fingerprint density at radius 3 is 2.59 bits per heavy atom. The van der Waals surface area contributed by atoms with Crippen molar-refractivity contribution in [2.75, 3.05) is 12.8 Å². The summed E-state index contributed by atoms with van der Waals surface area (Å²) in [6, 6.07) is 10.1. The summed E-state index contributed by atoms with van der Waals surface area (Å²) in [7, 11) is -2.91. The van der Waals surface area contributed by atoms with E-state index in [-0.39, 0.29) is 12.3 Å². The standard InChI is InChI=1S/C12H18NO3P/c1-3-15-17(14,4-2)16-12-11(13-12)10-8-6-5-7-9-10/h5-9,11-13H,3-4H2,1-2H3. The van der Waals surface area contributed by atoms with Crippen molar-refractivity contribution in [2.45, 2.75) is 26.1 Å². The van der Waals surface area contributed by atoms with Crippen LogP contribution in [0.5, 0.6) is 0 Å². The van der Waals surface area contributed by atoms with Crippen LogP contribution in [0.1, 0.15) is 25.5 Å². The van der Waals surface area contributed by atoms with Crippen LogP contribution in [0.4, 0.5) is 0 Å². The van der Waals surface area contributed by atoms with E-state index in [4.69, 9.17) is 9.05 Å². The normalized spacial score (nSPS) is 26.5. The Kier molecular flexibility index (Phi) is 4.00. The van der Waals surface area contributed by atoms with E-state index in [9.17, 15) is 4.57 Å². The molecule has 0 saturated carbocycles. The first-order valence-electron chi connectivity index (χ1n) is 5.91. The van der Waals surface area contributed by atoms with Crippen LogP contribution in [0.15, 0.2) is 30.3 Å². The third-order valence-corrected chi connectivity index (χ3v) is 4.66. The first kappa shape index (κ1) is 12.8. The van der Waals surface area contributed by atoms with Crippen molar-refractivity contribution < 1.29 is 13.6 Å². The Hall–Kier alpha value is -0.670. The smallest absolute Gasteiger partial charge is 0.309 e. The number of rotatable bonds is 6. The lowest BCUT2D eigenvalue weighted by Crippen LogP contribution is -2.02. The Morgan fingerprint density at radius 2 is 2.00 bits per heavy atom. The van der Waals surface area contributed by atoms with Gasteiger partial charge in [0.05, 0.1) is 12.6 Å². The lowest BCUT2D eigenvalue weighted by atomic mass is 10.2. The molecule has 5 heteroatoms. The minimum atomic E-state index is -2.91. The first-order chi connectivity index (χ1) is 8.18. The largest absolute Gasteiger partial charge is 0.331 e. The van der Waals surface area contributed by atoms with E-state index >= 15 is 0 Å². The van der Waals surface area contributed by atoms with Gasteiger partial charge >= 0.3 is 7.60 Å². The van der Waals surface area contributed by atoms with Gasteiger partial charge in [-0.15, -0.1) is 0 Å². The van der Waals surface area contributed by atoms with Gasteiger partial charge in [0.2, 0.25) is 0 Å². The average Bonchev–Trinajstić information content (AvgIpc) is 3.09. The van der Waals surface area contributed by atoms with Crippen molar-refractivity contribution in [2.24, 2.45) is 0 Å². The zero-order chi connectivity index (χ0) is 12.3. The zero-order valence-electron chi connectivity index (χ0n) is 10.1. The van der Waals surface area contributed by atoms with Crippen LogP contribution < -0.4 is 5.32 Å². The summed E-state index contributed by atoms with van der Waals surface area (Å²) >= 11 is 0. The molecule has 0 spiro atoms. The predicted octanol–water partition coefficient (Wildman–Crippen LogP) is 2.92. The molecule has 0 amide bonds. The summed E-state index contributed by atoms with van der Waals surface area (Å²) in [4.78, 5) is 0. The van der Waals surface area contributed by atoms with Crippen LogP contribution >= 0.6 is 7.60 Å². The summed E-state index contributed by atoms with van der Waals surface area (Å²) in [6.07, 6.45) is 0.218. The van der Waals surface area contributed by atoms with Crippen molar-refractivity contribution in [3.05, 3.63) is 35.9 Å². The molecular weight excluding hydrogens is 237 g/mol. The third-order valence-electron chi connectivity index (χ3n) is 2.68. The highest BCUT2D eigenvalue weighted by Crippen LogP contribution is 2.52. The van der Waals surface area contributed by atoms with Crippen LogP contribution in [-0.4, -0.2) is 19.0 Å². The second-order valence-electron chi connectivity index (χ2n) is 3.93. The van der Waals surface area contributed by atoms with Crippen molar-refractivity contribution in [1.29, 1.82) is 0 Å². The van der Waals surface area contributed by atoms with Gasteiger partial charge in [0.1, 0.15) is 6.23 Å². The first-order valence-corrected chi connectivity index (χ1v) is 7.64. The maximum atomic E-state index is 12.1. The van der Waals surface area contributed by atoms with Crippen molar-refractivity contribution >= 4 is 7.60 Å². The molecule has 1 N–H and O–H groups in total. The summed E-state index contributed by atoms with van der Waals surface area (Å²) in [5.74, 6) is 0. The third kappa shape index (κ3) is 3.17. The Morgan fingerprint density at radius 1 is 1.29 bits per heavy atom. The molecule has 1 aliphatic rings. The van der Waals surface area contributed by atoms with Crippen LogP contribution in [0.25, 0.3) is 0 Å². The molecular formula is C12H18NO3P. The second-order valence-corrected chi connectivity index (χ2v) is 6.25. The van der Waals surface area contributed by atoms with Gasteiger partial charge in [-0.05, 0) is 12.5 Å². The zero-order valence-corrected chi connectivity index (χ0v) is 11.0. The van der Waals surface area contributed by atoms with Crippen LogP contribution in [-0.2, 0) is 13.6 Å². The highest BCUT2D eigenvalue weighted by Gasteiger charge is 2.43. The maximum Gasteiger partial charge on any atom is 0.331 e. The predicted molar refractivity (Wildman–Crippen MR) is 67.0 cm³/mol. The number of benzene rings is 1. The van der Waals surface area contributed by atoms with Crippen LogP contribution in [0.3, 0.4) is 0 Å². The molecule has 1 aromatic carbocycles. The number of hydrogen-bond acceptors (Lipinski definition) is 4. The molecule has 17 heavy (non-hydrogen) atoms. The molecule has 0 radical (unpaired) electrons. The molecule has 3 unspecified atom stereocenters. The molecule has 1 heterocycles. The van der Waals surface area contributed by atoms with Gasteiger partial charge in [0, 0.05) is 6.16 Å². The Labute approximate surface area is 102 Å². The molecule has 4 nitrogen and oxygen atoms in total. The van der Waals surface area contributed by atoms with Crippen LogP contribution in [0.2, 0.25) is 0 Å². The Balaban J connectivity index is 1.93. The fourth-order valence-corrected chi connectivity index (χ4v) is 3.02. The molecule has 1 fully saturated rings. The molecule has 2 rings (SSSR count). The fraction of sp³-hybridized carbons (Fsp3) is 0.500. The summed E-state index contributed by atoms with van der Waals surface area (Å²) < 4.78 is 22.9. The lowest BCUT2D eigenvalue weighted by Gasteiger charge is -2.14. The van der Waals surface area contributed by atoms with E-state index in [1.54, 1.807) is 0 Å². The van der Waals surface area contributed by atoms with Crippen molar-refractivity contribution in [3.63, 3.8) is 0 Å². The molecule has 0 bridgehead atoms. The molecule has 1 aliphatic heterocycles. The van der Waals surface area contributed by atoms with E-state index in [2.05, 4.69) is 5.32 Å². The van der Waals surface area contributed by atoms with Gasteiger partial charge in [-0.25, -0.2) is 0 Å². The van der Waals surface area contributed by atoms with E-state index < -0.39 is 7.60 Å². The second kappa shape index (κ2) is 5.32. The van der Waals surface area contributed by atoms with E-state index in [1.165, 1.54) is 0 Å². The fourth-order valence-electron chi connectivity index (χ4n) is 1.71. The maximum absolute atomic E-state index is 12.1. The molecule has 0 aliphatic carbocycles. The molecule has 1 saturated heterocycles. The summed E-state index contributed by atoms with van der Waals surface area (Å²) in [5.41, 5.74) is 1.15. The van der Waals surface area contributed by atoms with E-state index in [0.717, 1.165) is 5.56 Å². The van der Waals surface area contributed by atoms with E-state index in [0.29, 0.717) is 12.8 Å². The van der Waals surface area contributed by atoms with Crippen molar-refractivity contribution in [3.8, 4) is 0 Å². The van der Waals surface area contributed by atoms with Gasteiger partial charge in [0.15, 0.2) is 0 Å². The van der Waals surface area contributed by atoms with Crippen molar-refractivity contribution in [1.82, 2.24) is 5.32 Å². The quantitative estimate of drug-likeness (QED) is 0.627. The SMILES string of the molecule is CCOP(=O)(CC)OC1NC1c1ccccc1. The minimum Gasteiger partial charge on any atom is -0.309 e. The number of nitrogens with one attached hydrogen (secondary N) is 1. The molecule has 94 valence electrons. The highest BCUT2D eigenvalue weighted by molar-refractivity contribution is 7.53. The van der Waals surface area contributed by atoms with E-state index in [1.807, 2.05) is 44.2 Å². The Bertz CT molecular complexity index is 409. The van der Waals surface area contributed by atoms with Gasteiger partial charge in [0.25, 0.3) is 0 Å². The number of hydrogen-bond donors (Lipinski definition) is 1. The minimum absolute atomic E-state index is 0.136. The van der Waals surface area contributed by atoms with Gasteiger partial charge in [-0.3, -0.25) is 14.4 Å². The molecule has 1 aromatic rings. The van der Waals surface area contributed by atoms with Gasteiger partial charge in [-0.1, -0.05) is 37.3 Å². The average molecular weight is 255 g/mol. The summed E-state index contributed by atoms with van der Waals surface area (Å²) in [5, 5.41) is 3.16. The summed E-state index contributed by atoms with van der Waals surface area (Å²) in [6.45, 7) is 4.05. The highest BCUT2D eigenvalue weighted by atomic mass is 31.2. The monoisotopic (exact) mass is 255 g/mol. The van der Waals surface area contributed by atoms with Gasteiger partial charge in [-0.2, -0.15) is 0 Å². The molecule has 0 aromatic heterocycles.